The van der Waals surface area contributed by atoms with Gasteiger partial charge in [-0.05, 0) is 30.3 Å². The Balaban J connectivity index is 2.17. The smallest absolute Gasteiger partial charge is 0.259 e. The summed E-state index contributed by atoms with van der Waals surface area (Å²) in [6, 6.07) is 11.5. The van der Waals surface area contributed by atoms with E-state index in [1.165, 1.54) is 12.3 Å². The standard InChI is InChI=1S/C13H8ClN3O2/c14-9-3-1-4-10(7-9)16-17-11(8-15)13(18)12-5-2-6-19-12/h1-7,16H/b17-11+. The number of carbonyl (C=O) groups is 1. The molecule has 0 aliphatic carbocycles. The van der Waals surface area contributed by atoms with Crippen molar-refractivity contribution in [2.45, 2.75) is 0 Å². The van der Waals surface area contributed by atoms with E-state index in [0.717, 1.165) is 0 Å². The van der Waals surface area contributed by atoms with Crippen LogP contribution in [0.5, 0.6) is 0 Å². The predicted octanol–water partition coefficient (Wildman–Crippen LogP) is 3.11. The Labute approximate surface area is 114 Å². The third-order valence-corrected chi connectivity index (χ3v) is 2.42. The van der Waals surface area contributed by atoms with Crippen LogP contribution in [-0.4, -0.2) is 11.5 Å². The Bertz CT molecular complexity index is 657. The van der Waals surface area contributed by atoms with Gasteiger partial charge in [-0.3, -0.25) is 10.2 Å². The van der Waals surface area contributed by atoms with Crippen molar-refractivity contribution in [3.05, 3.63) is 53.4 Å². The quantitative estimate of drug-likeness (QED) is 0.527. The van der Waals surface area contributed by atoms with Gasteiger partial charge in [0.15, 0.2) is 5.76 Å². The number of furan rings is 1. The molecule has 5 nitrogen and oxygen atoms in total. The van der Waals surface area contributed by atoms with Gasteiger partial charge in [-0.1, -0.05) is 17.7 Å². The molecular weight excluding hydrogens is 266 g/mol. The average molecular weight is 274 g/mol. The van der Waals surface area contributed by atoms with Gasteiger partial charge >= 0.3 is 0 Å². The fraction of sp³-hybridized carbons (Fsp3) is 0. The molecule has 0 unspecified atom stereocenters. The number of hydrazone groups is 1. The van der Waals surface area contributed by atoms with Crippen molar-refractivity contribution in [3.63, 3.8) is 0 Å². The normalized spacial score (nSPS) is 10.8. The van der Waals surface area contributed by atoms with Crippen molar-refractivity contribution in [1.29, 1.82) is 5.26 Å². The monoisotopic (exact) mass is 273 g/mol. The summed E-state index contributed by atoms with van der Waals surface area (Å²) in [7, 11) is 0. The SMILES string of the molecule is N#C/C(=N\Nc1cccc(Cl)c1)C(=O)c1ccco1. The van der Waals surface area contributed by atoms with Crippen molar-refractivity contribution < 1.29 is 9.21 Å². The lowest BCUT2D eigenvalue weighted by Gasteiger charge is -2.00. The van der Waals surface area contributed by atoms with E-state index in [2.05, 4.69) is 10.5 Å². The molecule has 94 valence electrons. The zero-order chi connectivity index (χ0) is 13.7. The van der Waals surface area contributed by atoms with Crippen molar-refractivity contribution in [3.8, 4) is 6.07 Å². The van der Waals surface area contributed by atoms with Crippen LogP contribution >= 0.6 is 11.6 Å². The molecule has 0 spiro atoms. The Morgan fingerprint density at radius 3 is 2.84 bits per heavy atom. The molecule has 0 saturated heterocycles. The fourth-order valence-corrected chi connectivity index (χ4v) is 1.52. The Kier molecular flexibility index (Phi) is 3.96. The van der Waals surface area contributed by atoms with Gasteiger partial charge in [0.2, 0.25) is 5.71 Å². The maximum Gasteiger partial charge on any atom is 0.259 e. The van der Waals surface area contributed by atoms with Crippen LogP contribution in [0.15, 0.2) is 52.2 Å². The Hall–Kier alpha value is -2.58. The summed E-state index contributed by atoms with van der Waals surface area (Å²) in [5.74, 6) is -0.518. The van der Waals surface area contributed by atoms with Crippen molar-refractivity contribution >= 4 is 28.8 Å². The lowest BCUT2D eigenvalue weighted by molar-refractivity contribution is 0.104. The zero-order valence-corrected chi connectivity index (χ0v) is 10.4. The highest BCUT2D eigenvalue weighted by molar-refractivity contribution is 6.50. The first-order chi connectivity index (χ1) is 9.20. The van der Waals surface area contributed by atoms with E-state index in [9.17, 15) is 4.79 Å². The summed E-state index contributed by atoms with van der Waals surface area (Å²) in [5.41, 5.74) is 2.88. The third kappa shape index (κ3) is 3.21. The van der Waals surface area contributed by atoms with E-state index in [1.807, 2.05) is 0 Å². The van der Waals surface area contributed by atoms with E-state index in [1.54, 1.807) is 36.4 Å². The molecular formula is C13H8ClN3O2. The maximum absolute atomic E-state index is 11.8. The molecule has 0 amide bonds. The topological polar surface area (TPSA) is 78.4 Å². The van der Waals surface area contributed by atoms with Crippen molar-refractivity contribution in [2.24, 2.45) is 5.10 Å². The van der Waals surface area contributed by atoms with Crippen LogP contribution in [0.25, 0.3) is 0 Å². The molecule has 0 saturated carbocycles. The van der Waals surface area contributed by atoms with Gasteiger partial charge in [-0.15, -0.1) is 0 Å². The van der Waals surface area contributed by atoms with E-state index in [4.69, 9.17) is 21.3 Å². The first-order valence-electron chi connectivity index (χ1n) is 5.28. The zero-order valence-electron chi connectivity index (χ0n) is 9.63. The molecule has 0 bridgehead atoms. The lowest BCUT2D eigenvalue weighted by atomic mass is 10.2. The number of anilines is 1. The van der Waals surface area contributed by atoms with Gasteiger partial charge < -0.3 is 4.42 Å². The van der Waals surface area contributed by atoms with Gasteiger partial charge in [-0.2, -0.15) is 10.4 Å². The molecule has 0 fully saturated rings. The molecule has 0 aliphatic rings. The minimum Gasteiger partial charge on any atom is -0.461 e. The first-order valence-corrected chi connectivity index (χ1v) is 5.66. The first kappa shape index (κ1) is 12.9. The minimum atomic E-state index is -0.581. The predicted molar refractivity (Wildman–Crippen MR) is 71.2 cm³/mol. The molecule has 1 aromatic heterocycles. The molecule has 2 rings (SSSR count). The number of carbonyl (C=O) groups excluding carboxylic acids is 1. The summed E-state index contributed by atoms with van der Waals surface area (Å²) in [5, 5.41) is 13.2. The highest BCUT2D eigenvalue weighted by Gasteiger charge is 2.16. The summed E-state index contributed by atoms with van der Waals surface area (Å²) in [6.45, 7) is 0. The molecule has 0 aliphatic heterocycles. The number of benzene rings is 1. The number of rotatable bonds is 4. The highest BCUT2D eigenvalue weighted by Crippen LogP contribution is 2.14. The molecule has 2 aromatic rings. The Morgan fingerprint density at radius 1 is 1.37 bits per heavy atom. The Morgan fingerprint density at radius 2 is 2.21 bits per heavy atom. The summed E-state index contributed by atoms with van der Waals surface area (Å²) >= 11 is 5.80. The molecule has 19 heavy (non-hydrogen) atoms. The largest absolute Gasteiger partial charge is 0.461 e. The van der Waals surface area contributed by atoms with Crippen molar-refractivity contribution in [2.75, 3.05) is 5.43 Å². The van der Waals surface area contributed by atoms with Crippen LogP contribution < -0.4 is 5.43 Å². The second-order valence-electron chi connectivity index (χ2n) is 3.50. The van der Waals surface area contributed by atoms with E-state index in [-0.39, 0.29) is 11.5 Å². The number of hydrogen-bond donors (Lipinski definition) is 1. The molecule has 6 heteroatoms. The van der Waals surface area contributed by atoms with Crippen LogP contribution in [0.4, 0.5) is 5.69 Å². The van der Waals surface area contributed by atoms with Gasteiger partial charge in [0.25, 0.3) is 5.78 Å². The molecule has 1 aromatic carbocycles. The highest BCUT2D eigenvalue weighted by atomic mass is 35.5. The number of halogens is 1. The van der Waals surface area contributed by atoms with E-state index < -0.39 is 5.78 Å². The average Bonchev–Trinajstić information content (AvgIpc) is 2.93. The van der Waals surface area contributed by atoms with Crippen LogP contribution in [0.2, 0.25) is 5.02 Å². The second kappa shape index (κ2) is 5.85. The third-order valence-electron chi connectivity index (χ3n) is 2.19. The minimum absolute atomic E-state index is 0.0631. The van der Waals surface area contributed by atoms with E-state index >= 15 is 0 Å². The number of nitrogens with one attached hydrogen (secondary N) is 1. The van der Waals surface area contributed by atoms with Crippen LogP contribution in [0.3, 0.4) is 0 Å². The van der Waals surface area contributed by atoms with E-state index in [0.29, 0.717) is 10.7 Å². The molecule has 1 N–H and O–H groups in total. The van der Waals surface area contributed by atoms with Gasteiger partial charge in [0.05, 0.1) is 12.0 Å². The number of Topliss-reactive ketones (excluding diaryl/α,β-unsaturated/α-hetero) is 1. The summed E-state index contributed by atoms with van der Waals surface area (Å²) in [4.78, 5) is 11.8. The molecule has 0 atom stereocenters. The summed E-state index contributed by atoms with van der Waals surface area (Å²) in [6.07, 6.45) is 1.35. The molecule has 0 radical (unpaired) electrons. The summed E-state index contributed by atoms with van der Waals surface area (Å²) < 4.78 is 4.92. The van der Waals surface area contributed by atoms with Gasteiger partial charge in [-0.25, -0.2) is 0 Å². The van der Waals surface area contributed by atoms with Gasteiger partial charge in [0.1, 0.15) is 6.07 Å². The molecule has 1 heterocycles. The second-order valence-corrected chi connectivity index (χ2v) is 3.94. The number of ketones is 1. The van der Waals surface area contributed by atoms with Gasteiger partial charge in [0, 0.05) is 5.02 Å². The number of nitrogens with zero attached hydrogens (tertiary/aromatic N) is 2. The van der Waals surface area contributed by atoms with Crippen molar-refractivity contribution in [1.82, 2.24) is 0 Å². The number of hydrogen-bond acceptors (Lipinski definition) is 5. The van der Waals surface area contributed by atoms with Crippen LogP contribution in [-0.2, 0) is 0 Å². The number of nitriles is 1. The van der Waals surface area contributed by atoms with Crippen LogP contribution in [0, 0.1) is 11.3 Å². The lowest BCUT2D eigenvalue weighted by Crippen LogP contribution is -2.13. The maximum atomic E-state index is 11.8. The fourth-order valence-electron chi connectivity index (χ4n) is 1.33. The van der Waals surface area contributed by atoms with Crippen LogP contribution in [0.1, 0.15) is 10.6 Å².